The summed E-state index contributed by atoms with van der Waals surface area (Å²) >= 11 is 0. The van der Waals surface area contributed by atoms with Crippen molar-refractivity contribution < 1.29 is 14.3 Å². The van der Waals surface area contributed by atoms with Crippen LogP contribution in [0.15, 0.2) is 24.3 Å². The smallest absolute Gasteiger partial charge is 0.307 e. The lowest BCUT2D eigenvalue weighted by molar-refractivity contribution is -0.142. The Kier molecular flexibility index (Phi) is 6.64. The molecule has 4 heteroatoms. The zero-order valence-corrected chi connectivity index (χ0v) is 11.6. The third-order valence-electron chi connectivity index (χ3n) is 2.78. The van der Waals surface area contributed by atoms with Crippen LogP contribution in [-0.2, 0) is 9.53 Å². The van der Waals surface area contributed by atoms with Crippen molar-refractivity contribution in [3.8, 4) is 0 Å². The van der Waals surface area contributed by atoms with Gasteiger partial charge in [0, 0.05) is 24.3 Å². The number of hydrogen-bond donors (Lipinski definition) is 0. The highest BCUT2D eigenvalue weighted by Gasteiger charge is 2.09. The van der Waals surface area contributed by atoms with Gasteiger partial charge in [-0.1, -0.05) is 6.92 Å². The summed E-state index contributed by atoms with van der Waals surface area (Å²) < 4.78 is 4.93. The topological polar surface area (TPSA) is 46.6 Å². The summed E-state index contributed by atoms with van der Waals surface area (Å²) in [4.78, 5) is 24.1. The number of carbonyl (C=O) groups is 2. The predicted molar refractivity (Wildman–Crippen MR) is 75.6 cm³/mol. The van der Waals surface area contributed by atoms with Crippen LogP contribution in [0.5, 0.6) is 0 Å². The van der Waals surface area contributed by atoms with E-state index in [4.69, 9.17) is 4.74 Å². The maximum Gasteiger partial charge on any atom is 0.307 e. The van der Waals surface area contributed by atoms with E-state index in [-0.39, 0.29) is 5.97 Å². The number of anilines is 1. The molecule has 4 nitrogen and oxygen atoms in total. The fourth-order valence-electron chi connectivity index (χ4n) is 1.86. The van der Waals surface area contributed by atoms with Crippen LogP contribution in [0.3, 0.4) is 0 Å². The van der Waals surface area contributed by atoms with Gasteiger partial charge in [0.25, 0.3) is 0 Å². The van der Waals surface area contributed by atoms with Crippen molar-refractivity contribution in [3.05, 3.63) is 29.8 Å². The Bertz CT molecular complexity index is 400. The molecular weight excluding hydrogens is 242 g/mol. The predicted octanol–water partition coefficient (Wildman–Crippen LogP) is 2.67. The number of esters is 1. The molecule has 19 heavy (non-hydrogen) atoms. The molecule has 0 fully saturated rings. The molecule has 0 atom stereocenters. The molecule has 0 aromatic heterocycles. The molecule has 0 bridgehead atoms. The molecule has 0 saturated heterocycles. The minimum Gasteiger partial charge on any atom is -0.466 e. The normalized spacial score (nSPS) is 10.0. The van der Waals surface area contributed by atoms with Crippen LogP contribution in [0.2, 0.25) is 0 Å². The van der Waals surface area contributed by atoms with E-state index in [9.17, 15) is 9.59 Å². The number of aldehydes is 1. The van der Waals surface area contributed by atoms with E-state index in [1.54, 1.807) is 19.1 Å². The van der Waals surface area contributed by atoms with Crippen molar-refractivity contribution in [2.24, 2.45) is 0 Å². The zero-order valence-electron chi connectivity index (χ0n) is 11.6. The van der Waals surface area contributed by atoms with Gasteiger partial charge in [-0.2, -0.15) is 0 Å². The molecule has 0 amide bonds. The van der Waals surface area contributed by atoms with Gasteiger partial charge >= 0.3 is 5.97 Å². The van der Waals surface area contributed by atoms with Gasteiger partial charge in [0.15, 0.2) is 0 Å². The first-order valence-corrected chi connectivity index (χ1v) is 6.67. The summed E-state index contributed by atoms with van der Waals surface area (Å²) in [5.41, 5.74) is 1.68. The molecule has 104 valence electrons. The van der Waals surface area contributed by atoms with Crippen molar-refractivity contribution in [1.82, 2.24) is 0 Å². The summed E-state index contributed by atoms with van der Waals surface area (Å²) in [5, 5.41) is 0. The Morgan fingerprint density at radius 1 is 1.21 bits per heavy atom. The van der Waals surface area contributed by atoms with Crippen LogP contribution >= 0.6 is 0 Å². The van der Waals surface area contributed by atoms with Gasteiger partial charge in [-0.3, -0.25) is 9.59 Å². The van der Waals surface area contributed by atoms with E-state index in [1.165, 1.54) is 0 Å². The van der Waals surface area contributed by atoms with E-state index in [1.807, 2.05) is 12.1 Å². The highest BCUT2D eigenvalue weighted by atomic mass is 16.5. The summed E-state index contributed by atoms with van der Waals surface area (Å²) in [6, 6.07) is 7.39. The van der Waals surface area contributed by atoms with Crippen molar-refractivity contribution in [2.45, 2.75) is 26.7 Å². The summed E-state index contributed by atoms with van der Waals surface area (Å²) in [5.74, 6) is -0.173. The van der Waals surface area contributed by atoms with E-state index in [2.05, 4.69) is 11.8 Å². The van der Waals surface area contributed by atoms with E-state index >= 15 is 0 Å². The van der Waals surface area contributed by atoms with Crippen LogP contribution < -0.4 is 4.90 Å². The summed E-state index contributed by atoms with van der Waals surface area (Å²) in [7, 11) is 0. The van der Waals surface area contributed by atoms with Crippen LogP contribution in [0.1, 0.15) is 37.0 Å². The Balaban J connectivity index is 2.64. The zero-order chi connectivity index (χ0) is 14.1. The van der Waals surface area contributed by atoms with Gasteiger partial charge in [0.1, 0.15) is 6.29 Å². The lowest BCUT2D eigenvalue weighted by Gasteiger charge is -2.24. The molecule has 0 aliphatic rings. The summed E-state index contributed by atoms with van der Waals surface area (Å²) in [6.45, 7) is 5.82. The molecule has 1 rings (SSSR count). The first kappa shape index (κ1) is 15.2. The number of carbonyl (C=O) groups excluding carboxylic acids is 2. The van der Waals surface area contributed by atoms with Crippen LogP contribution in [0, 0.1) is 0 Å². The number of hydrogen-bond acceptors (Lipinski definition) is 4. The van der Waals surface area contributed by atoms with E-state index < -0.39 is 0 Å². The quantitative estimate of drug-likeness (QED) is 0.534. The molecule has 0 radical (unpaired) electrons. The highest BCUT2D eigenvalue weighted by Crippen LogP contribution is 2.15. The molecule has 0 unspecified atom stereocenters. The minimum absolute atomic E-state index is 0.173. The SMILES string of the molecule is CCCN(CCC(=O)OCC)c1ccc(C=O)cc1. The van der Waals surface area contributed by atoms with Crippen LogP contribution in [0.25, 0.3) is 0 Å². The number of rotatable bonds is 8. The maximum atomic E-state index is 11.4. The first-order valence-electron chi connectivity index (χ1n) is 6.67. The molecule has 0 saturated carbocycles. The molecule has 0 aliphatic heterocycles. The Morgan fingerprint density at radius 2 is 1.89 bits per heavy atom. The Hall–Kier alpha value is -1.84. The molecular formula is C15H21NO3. The van der Waals surface area contributed by atoms with E-state index in [0.29, 0.717) is 25.1 Å². The van der Waals surface area contributed by atoms with Gasteiger partial charge in [-0.05, 0) is 37.6 Å². The third-order valence-corrected chi connectivity index (χ3v) is 2.78. The second-order valence-electron chi connectivity index (χ2n) is 4.25. The minimum atomic E-state index is -0.173. The van der Waals surface area contributed by atoms with Crippen LogP contribution in [-0.4, -0.2) is 32.0 Å². The van der Waals surface area contributed by atoms with Gasteiger partial charge < -0.3 is 9.64 Å². The Labute approximate surface area is 114 Å². The van der Waals surface area contributed by atoms with Crippen molar-refractivity contribution in [3.63, 3.8) is 0 Å². The number of nitrogens with zero attached hydrogens (tertiary/aromatic N) is 1. The highest BCUT2D eigenvalue weighted by molar-refractivity contribution is 5.76. The largest absolute Gasteiger partial charge is 0.466 e. The molecule has 0 aliphatic carbocycles. The fourth-order valence-corrected chi connectivity index (χ4v) is 1.86. The molecule has 0 spiro atoms. The maximum absolute atomic E-state index is 11.4. The molecule has 0 N–H and O–H groups in total. The fraction of sp³-hybridized carbons (Fsp3) is 0.467. The average Bonchev–Trinajstić information content (AvgIpc) is 2.44. The van der Waals surface area contributed by atoms with Gasteiger partial charge in [0.05, 0.1) is 13.0 Å². The standard InChI is InChI=1S/C15H21NO3/c1-3-10-16(11-9-15(18)19-4-2)14-7-5-13(12-17)6-8-14/h5-8,12H,3-4,9-11H2,1-2H3. The van der Waals surface area contributed by atoms with Gasteiger partial charge in [0.2, 0.25) is 0 Å². The average molecular weight is 263 g/mol. The molecule has 1 aromatic carbocycles. The monoisotopic (exact) mass is 263 g/mol. The second-order valence-corrected chi connectivity index (χ2v) is 4.25. The van der Waals surface area contributed by atoms with Crippen molar-refractivity contribution in [1.29, 1.82) is 0 Å². The van der Waals surface area contributed by atoms with Gasteiger partial charge in [-0.15, -0.1) is 0 Å². The number of ether oxygens (including phenoxy) is 1. The van der Waals surface area contributed by atoms with Gasteiger partial charge in [-0.25, -0.2) is 0 Å². The lowest BCUT2D eigenvalue weighted by Crippen LogP contribution is -2.27. The number of benzene rings is 1. The van der Waals surface area contributed by atoms with Crippen molar-refractivity contribution in [2.75, 3.05) is 24.6 Å². The lowest BCUT2D eigenvalue weighted by atomic mass is 10.2. The van der Waals surface area contributed by atoms with Crippen LogP contribution in [0.4, 0.5) is 5.69 Å². The van der Waals surface area contributed by atoms with E-state index in [0.717, 1.165) is 24.9 Å². The van der Waals surface area contributed by atoms with Crippen molar-refractivity contribution >= 4 is 17.9 Å². The first-order chi connectivity index (χ1) is 9.21. The third kappa shape index (κ3) is 5.12. The Morgan fingerprint density at radius 3 is 2.42 bits per heavy atom. The summed E-state index contributed by atoms with van der Waals surface area (Å²) in [6.07, 6.45) is 2.20. The molecule has 1 aromatic rings. The second kappa shape index (κ2) is 8.29. The molecule has 0 heterocycles.